The van der Waals surface area contributed by atoms with Crippen LogP contribution in [0.1, 0.15) is 98.1 Å². The van der Waals surface area contributed by atoms with Crippen molar-refractivity contribution in [3.8, 4) is 0 Å². The molecule has 4 N–H and O–H groups in total. The number of Topliss-reactive ketones (excluding diaryl/α,β-unsaturated/α-hetero) is 2. The van der Waals surface area contributed by atoms with E-state index in [0.717, 1.165) is 48.9 Å². The van der Waals surface area contributed by atoms with Crippen LogP contribution in [-0.2, 0) is 27.1 Å². The van der Waals surface area contributed by atoms with Gasteiger partial charge in [-0.25, -0.2) is 9.78 Å². The molecule has 1 saturated heterocycles. The van der Waals surface area contributed by atoms with Crippen LogP contribution in [0.5, 0.6) is 0 Å². The summed E-state index contributed by atoms with van der Waals surface area (Å²) in [7, 11) is 0. The van der Waals surface area contributed by atoms with Gasteiger partial charge in [0.25, 0.3) is 5.60 Å². The van der Waals surface area contributed by atoms with Crippen LogP contribution in [0.25, 0.3) is 0 Å². The number of nitrogens with two attached hydrogens (primary N) is 1. The first-order valence-electron chi connectivity index (χ1n) is 18.0. The van der Waals surface area contributed by atoms with Crippen LogP contribution in [0.15, 0.2) is 59.8 Å². The van der Waals surface area contributed by atoms with Gasteiger partial charge in [0.15, 0.2) is 11.4 Å². The van der Waals surface area contributed by atoms with Crippen LogP contribution in [0, 0.1) is 23.7 Å². The number of carbonyl (C=O) groups excluding carboxylic acids is 3. The maximum absolute atomic E-state index is 14.7. The summed E-state index contributed by atoms with van der Waals surface area (Å²) in [6.07, 6.45) is 12.1. The van der Waals surface area contributed by atoms with E-state index >= 15 is 0 Å². The van der Waals surface area contributed by atoms with Gasteiger partial charge in [0, 0.05) is 35.7 Å². The minimum absolute atomic E-state index is 0.0803. The van der Waals surface area contributed by atoms with Gasteiger partial charge in [-0.3, -0.25) is 9.59 Å². The SMILES string of the molecule is CCN[C@H]1C[C@H]2C=CCC[C@H]2C[C@@H]1COC(=O)[C@]12O[C@@]1(C/C(CO)=C(\C)CCc1ccnc(N)c1)C(=O)c1cccc(CC(C)C)c1C2=O. The highest BCUT2D eigenvalue weighted by atomic mass is 16.7. The van der Waals surface area contributed by atoms with Crippen LogP contribution in [0.3, 0.4) is 0 Å². The second-order valence-electron chi connectivity index (χ2n) is 14.9. The maximum Gasteiger partial charge on any atom is 0.350 e. The van der Waals surface area contributed by atoms with Crippen LogP contribution in [0.2, 0.25) is 0 Å². The van der Waals surface area contributed by atoms with Gasteiger partial charge >= 0.3 is 5.97 Å². The van der Waals surface area contributed by atoms with E-state index in [0.29, 0.717) is 42.5 Å². The number of fused-ring (bicyclic) bond motifs is 3. The van der Waals surface area contributed by atoms with Gasteiger partial charge in [-0.1, -0.05) is 56.7 Å². The summed E-state index contributed by atoms with van der Waals surface area (Å²) < 4.78 is 12.4. The van der Waals surface area contributed by atoms with Crippen LogP contribution >= 0.6 is 0 Å². The molecular weight excluding hydrogens is 618 g/mol. The number of carbonyl (C=O) groups is 3. The van der Waals surface area contributed by atoms with Gasteiger partial charge in [-0.15, -0.1) is 0 Å². The zero-order valence-corrected chi connectivity index (χ0v) is 29.3. The molecule has 2 fully saturated rings. The van der Waals surface area contributed by atoms with Crippen molar-refractivity contribution in [1.82, 2.24) is 10.3 Å². The van der Waals surface area contributed by atoms with E-state index < -0.39 is 28.7 Å². The number of nitrogens with zero attached hydrogens (tertiary/aromatic N) is 1. The Morgan fingerprint density at radius 3 is 2.76 bits per heavy atom. The van der Waals surface area contributed by atoms with Crippen molar-refractivity contribution in [1.29, 1.82) is 0 Å². The number of ether oxygens (including phenoxy) is 2. The molecule has 1 aromatic heterocycles. The normalized spacial score (nSPS) is 29.2. The number of pyridine rings is 1. The molecule has 49 heavy (non-hydrogen) atoms. The quantitative estimate of drug-likeness (QED) is 0.108. The monoisotopic (exact) mass is 669 g/mol. The fraction of sp³-hybridized carbons (Fsp3) is 0.550. The van der Waals surface area contributed by atoms with Crippen LogP contribution in [-0.4, -0.2) is 64.6 Å². The van der Waals surface area contributed by atoms with Gasteiger partial charge in [0.05, 0.1) is 13.2 Å². The van der Waals surface area contributed by atoms with Gasteiger partial charge in [-0.05, 0) is 105 Å². The molecule has 6 atom stereocenters. The molecule has 9 heteroatoms. The smallest absolute Gasteiger partial charge is 0.350 e. The number of nitrogens with one attached hydrogen (secondary N) is 1. The zero-order valence-electron chi connectivity index (χ0n) is 29.3. The third kappa shape index (κ3) is 6.53. The zero-order chi connectivity index (χ0) is 34.9. The lowest BCUT2D eigenvalue weighted by Crippen LogP contribution is -2.52. The Bertz CT molecular complexity index is 1660. The van der Waals surface area contributed by atoms with Gasteiger partial charge in [0.2, 0.25) is 5.78 Å². The molecule has 4 aliphatic rings. The van der Waals surface area contributed by atoms with Gasteiger partial charge < -0.3 is 25.6 Å². The molecule has 0 amide bonds. The number of hydrogen-bond donors (Lipinski definition) is 3. The fourth-order valence-corrected chi connectivity index (χ4v) is 8.61. The van der Waals surface area contributed by atoms with Crippen molar-refractivity contribution in [3.05, 3.63) is 82.1 Å². The molecule has 0 bridgehead atoms. The summed E-state index contributed by atoms with van der Waals surface area (Å²) in [6, 6.07) is 9.16. The number of rotatable bonds is 13. The van der Waals surface area contributed by atoms with Gasteiger partial charge in [0.1, 0.15) is 5.82 Å². The lowest BCUT2D eigenvalue weighted by atomic mass is 9.68. The molecular formula is C40H51N3O6. The third-order valence-electron chi connectivity index (χ3n) is 11.3. The maximum atomic E-state index is 14.7. The average Bonchev–Trinajstić information content (AvgIpc) is 3.79. The molecule has 262 valence electrons. The molecule has 2 heterocycles. The molecule has 9 nitrogen and oxygen atoms in total. The predicted octanol–water partition coefficient (Wildman–Crippen LogP) is 5.59. The van der Waals surface area contributed by atoms with Gasteiger partial charge in [-0.2, -0.15) is 0 Å². The Balaban J connectivity index is 1.31. The first-order chi connectivity index (χ1) is 23.5. The number of aryl methyl sites for hydroxylation is 1. The first-order valence-corrected chi connectivity index (χ1v) is 18.0. The lowest BCUT2D eigenvalue weighted by molar-refractivity contribution is -0.150. The van der Waals surface area contributed by atoms with E-state index in [1.807, 2.05) is 25.1 Å². The first kappa shape index (κ1) is 35.2. The number of ketones is 2. The Morgan fingerprint density at radius 1 is 1.20 bits per heavy atom. The number of hydrogen-bond acceptors (Lipinski definition) is 9. The predicted molar refractivity (Wildman–Crippen MR) is 188 cm³/mol. The fourth-order valence-electron chi connectivity index (χ4n) is 8.61. The number of esters is 1. The number of aliphatic hydroxyl groups is 1. The average molecular weight is 670 g/mol. The van der Waals surface area contributed by atoms with E-state index in [9.17, 15) is 19.5 Å². The summed E-state index contributed by atoms with van der Waals surface area (Å²) >= 11 is 0. The number of anilines is 1. The van der Waals surface area contributed by atoms with E-state index in [4.69, 9.17) is 15.2 Å². The highest BCUT2D eigenvalue weighted by Gasteiger charge is 2.85. The van der Waals surface area contributed by atoms with Crippen molar-refractivity contribution in [2.45, 2.75) is 96.3 Å². The lowest BCUT2D eigenvalue weighted by Gasteiger charge is -2.42. The molecule has 2 aromatic rings. The second-order valence-corrected chi connectivity index (χ2v) is 14.9. The number of aliphatic hydroxyl groups excluding tert-OH is 1. The summed E-state index contributed by atoms with van der Waals surface area (Å²) in [4.78, 5) is 47.7. The minimum atomic E-state index is -2.09. The summed E-state index contributed by atoms with van der Waals surface area (Å²) in [5, 5.41) is 14.2. The molecule has 1 saturated carbocycles. The van der Waals surface area contributed by atoms with Crippen molar-refractivity contribution in [3.63, 3.8) is 0 Å². The second kappa shape index (κ2) is 14.3. The minimum Gasteiger partial charge on any atom is -0.463 e. The van der Waals surface area contributed by atoms with Crippen LogP contribution in [0.4, 0.5) is 5.82 Å². The largest absolute Gasteiger partial charge is 0.463 e. The Hall–Kier alpha value is -3.66. The van der Waals surface area contributed by atoms with Crippen molar-refractivity contribution < 1.29 is 29.0 Å². The third-order valence-corrected chi connectivity index (χ3v) is 11.3. The topological polar surface area (TPSA) is 144 Å². The van der Waals surface area contributed by atoms with E-state index in [-0.39, 0.29) is 48.6 Å². The Labute approximate surface area is 289 Å². The van der Waals surface area contributed by atoms with Crippen molar-refractivity contribution in [2.75, 3.05) is 25.5 Å². The number of epoxide rings is 1. The molecule has 6 rings (SSSR count). The summed E-state index contributed by atoms with van der Waals surface area (Å²) in [5.41, 5.74) is 5.66. The standard InChI is InChI=1S/C40H51N3O6/c1-5-42-33-20-28-10-7-6-9-27(28)19-30(33)23-48-38(47)40-37(46)35-29(17-24(2)3)11-8-12-32(35)36(45)39(40,49-40)21-31(22-44)25(4)13-14-26-15-16-43-34(41)18-26/h7-8,10-12,15-16,18,24,27-28,30,33,42,44H,5-6,9,13-14,17,19-23H2,1-4H3,(H2,41,43)/b31-25-/t27-,28+,30+,33-,39-,40-/m0/s1. The molecule has 3 aliphatic carbocycles. The highest BCUT2D eigenvalue weighted by Crippen LogP contribution is 2.60. The van der Waals surface area contributed by atoms with E-state index in [1.165, 1.54) is 0 Å². The van der Waals surface area contributed by atoms with E-state index in [1.54, 1.807) is 18.3 Å². The molecule has 1 aliphatic heterocycles. The number of allylic oxidation sites excluding steroid dienone is 3. The summed E-state index contributed by atoms with van der Waals surface area (Å²) in [5.74, 6) is 0.0386. The van der Waals surface area contributed by atoms with E-state index in [2.05, 4.69) is 43.2 Å². The molecule has 1 aromatic carbocycles. The highest BCUT2D eigenvalue weighted by molar-refractivity contribution is 6.33. The summed E-state index contributed by atoms with van der Waals surface area (Å²) in [6.45, 7) is 8.69. The number of benzene rings is 1. The molecule has 0 spiro atoms. The Kier molecular flexibility index (Phi) is 10.3. The number of aromatic nitrogens is 1. The molecule has 0 unspecified atom stereocenters. The molecule has 0 radical (unpaired) electrons. The number of nitrogen functional groups attached to an aromatic ring is 1. The Morgan fingerprint density at radius 2 is 2.02 bits per heavy atom. The van der Waals surface area contributed by atoms with Crippen LogP contribution < -0.4 is 11.1 Å². The van der Waals surface area contributed by atoms with Crippen molar-refractivity contribution >= 4 is 23.4 Å². The van der Waals surface area contributed by atoms with Crippen molar-refractivity contribution in [2.24, 2.45) is 23.7 Å².